The number of rotatable bonds is 7. The van der Waals surface area contributed by atoms with E-state index in [4.69, 9.17) is 10.3 Å². The zero-order chi connectivity index (χ0) is 26.3. The van der Waals surface area contributed by atoms with E-state index < -0.39 is 15.7 Å². The van der Waals surface area contributed by atoms with Crippen molar-refractivity contribution in [2.24, 2.45) is 5.73 Å². The number of carbonyl (C=O) groups excluding carboxylic acids is 2. The summed E-state index contributed by atoms with van der Waals surface area (Å²) >= 11 is 3.41. The van der Waals surface area contributed by atoms with Crippen LogP contribution in [0, 0.1) is 0 Å². The molecule has 2 aromatic rings. The van der Waals surface area contributed by atoms with Gasteiger partial charge in [0, 0.05) is 23.6 Å². The first kappa shape index (κ1) is 28.3. The fourth-order valence-corrected chi connectivity index (χ4v) is 4.54. The number of nitrogens with zero attached hydrogens (tertiary/aromatic N) is 2. The minimum Gasteiger partial charge on any atom is -0.324 e. The third-order valence-electron chi connectivity index (χ3n) is 6.56. The van der Waals surface area contributed by atoms with E-state index in [2.05, 4.69) is 38.3 Å². The van der Waals surface area contributed by atoms with Gasteiger partial charge in [0.2, 0.25) is 0 Å². The number of piperidine rings is 1. The summed E-state index contributed by atoms with van der Waals surface area (Å²) in [6.45, 7) is 4.11. The predicted octanol–water partition coefficient (Wildman–Crippen LogP) is 3.32. The summed E-state index contributed by atoms with van der Waals surface area (Å²) in [4.78, 5) is 29.3. The van der Waals surface area contributed by atoms with E-state index in [1.54, 1.807) is 0 Å². The van der Waals surface area contributed by atoms with E-state index >= 15 is 0 Å². The van der Waals surface area contributed by atoms with Gasteiger partial charge in [0.05, 0.1) is 12.3 Å². The van der Waals surface area contributed by atoms with Crippen molar-refractivity contribution in [2.75, 3.05) is 25.4 Å². The molecule has 2 aliphatic rings. The van der Waals surface area contributed by atoms with E-state index in [0.717, 1.165) is 41.7 Å². The summed E-state index contributed by atoms with van der Waals surface area (Å²) < 4.78 is 27.9. The van der Waals surface area contributed by atoms with Crippen LogP contribution in [0.4, 0.5) is 4.79 Å². The van der Waals surface area contributed by atoms with Crippen LogP contribution in [0.2, 0.25) is 0 Å². The molecule has 36 heavy (non-hydrogen) atoms. The lowest BCUT2D eigenvalue weighted by Gasteiger charge is -2.37. The second kappa shape index (κ2) is 12.3. The van der Waals surface area contributed by atoms with E-state index in [9.17, 15) is 18.0 Å². The quantitative estimate of drug-likeness (QED) is 0.338. The van der Waals surface area contributed by atoms with Crippen molar-refractivity contribution >= 4 is 38.0 Å². The zero-order valence-electron chi connectivity index (χ0n) is 20.3. The maximum Gasteiger partial charge on any atom is 0.325 e. The van der Waals surface area contributed by atoms with Crippen LogP contribution in [0.15, 0.2) is 59.1 Å². The van der Waals surface area contributed by atoms with Gasteiger partial charge in [0.25, 0.3) is 16.0 Å². The highest BCUT2D eigenvalue weighted by Gasteiger charge is 2.52. The Bertz CT molecular complexity index is 1140. The Morgan fingerprint density at radius 3 is 2.22 bits per heavy atom. The molecule has 2 heterocycles. The predicted molar refractivity (Wildman–Crippen MR) is 142 cm³/mol. The van der Waals surface area contributed by atoms with E-state index in [0.29, 0.717) is 19.4 Å². The third-order valence-corrected chi connectivity index (χ3v) is 7.82. The first-order valence-corrected chi connectivity index (χ1v) is 14.3. The maximum absolute atomic E-state index is 13.1. The number of carbonyl (C=O) groups is 2. The molecule has 9 nitrogen and oxygen atoms in total. The van der Waals surface area contributed by atoms with E-state index in [1.807, 2.05) is 42.5 Å². The topological polar surface area (TPSA) is 133 Å². The molecule has 0 bridgehead atoms. The Morgan fingerprint density at radius 2 is 1.67 bits per heavy atom. The monoisotopic (exact) mass is 580 g/mol. The van der Waals surface area contributed by atoms with Crippen LogP contribution in [-0.2, 0) is 21.5 Å². The molecule has 196 valence electrons. The molecule has 4 rings (SSSR count). The normalized spacial score (nSPS) is 18.5. The number of urea groups is 1. The first-order valence-electron chi connectivity index (χ1n) is 11.9. The SMILES string of the molecule is CCS(=O)(=O)O.N[C@@H](CCN1CCC2(CC1)NC(=O)N(Cc1ccc(Br)cc1)C2=O)c1ccccc1. The summed E-state index contributed by atoms with van der Waals surface area (Å²) in [5, 5.41) is 2.99. The van der Waals surface area contributed by atoms with Crippen LogP contribution in [0.5, 0.6) is 0 Å². The van der Waals surface area contributed by atoms with Gasteiger partial charge in [-0.1, -0.05) is 58.4 Å². The third kappa shape index (κ3) is 7.59. The summed E-state index contributed by atoms with van der Waals surface area (Å²) in [6.07, 6.45) is 2.14. The average Bonchev–Trinajstić information content (AvgIpc) is 3.09. The van der Waals surface area contributed by atoms with Gasteiger partial charge in [-0.3, -0.25) is 14.2 Å². The Hall–Kier alpha value is -2.31. The Labute approximate surface area is 220 Å². The summed E-state index contributed by atoms with van der Waals surface area (Å²) in [6, 6.07) is 17.5. The van der Waals surface area contributed by atoms with Crippen LogP contribution < -0.4 is 11.1 Å². The number of benzene rings is 2. The van der Waals surface area contributed by atoms with E-state index in [-0.39, 0.29) is 23.7 Å². The van der Waals surface area contributed by atoms with Crippen molar-refractivity contribution < 1.29 is 22.6 Å². The fraction of sp³-hybridized carbons (Fsp3) is 0.440. The highest BCUT2D eigenvalue weighted by molar-refractivity contribution is 9.10. The minimum absolute atomic E-state index is 0.0105. The van der Waals surface area contributed by atoms with Gasteiger partial charge in [-0.15, -0.1) is 0 Å². The second-order valence-corrected chi connectivity index (χ2v) is 11.7. The second-order valence-electron chi connectivity index (χ2n) is 9.05. The first-order chi connectivity index (χ1) is 17.0. The molecule has 2 aliphatic heterocycles. The van der Waals surface area contributed by atoms with Gasteiger partial charge in [0.1, 0.15) is 5.54 Å². The molecule has 1 atom stereocenters. The molecule has 3 amide bonds. The Kier molecular flexibility index (Phi) is 9.65. The van der Waals surface area contributed by atoms with Gasteiger partial charge < -0.3 is 16.0 Å². The summed E-state index contributed by atoms with van der Waals surface area (Å²) in [5.74, 6) is -0.302. The molecule has 0 unspecified atom stereocenters. The van der Waals surface area contributed by atoms with Gasteiger partial charge in [-0.05, 0) is 56.0 Å². The molecule has 2 fully saturated rings. The van der Waals surface area contributed by atoms with E-state index in [1.165, 1.54) is 11.8 Å². The molecule has 0 aliphatic carbocycles. The summed E-state index contributed by atoms with van der Waals surface area (Å²) in [7, 11) is -3.66. The van der Waals surface area contributed by atoms with Crippen LogP contribution in [-0.4, -0.2) is 65.6 Å². The molecule has 1 spiro atoms. The number of hydrogen-bond donors (Lipinski definition) is 3. The highest BCUT2D eigenvalue weighted by Crippen LogP contribution is 2.31. The van der Waals surface area contributed by atoms with Crippen molar-refractivity contribution in [3.63, 3.8) is 0 Å². The molecule has 2 saturated heterocycles. The summed E-state index contributed by atoms with van der Waals surface area (Å²) in [5.41, 5.74) is 7.64. The largest absolute Gasteiger partial charge is 0.325 e. The molecule has 11 heteroatoms. The van der Waals surface area contributed by atoms with Crippen LogP contribution in [0.1, 0.15) is 43.4 Å². The van der Waals surface area contributed by atoms with Gasteiger partial charge in [-0.25, -0.2) is 4.79 Å². The van der Waals surface area contributed by atoms with Crippen LogP contribution in [0.3, 0.4) is 0 Å². The van der Waals surface area contributed by atoms with Crippen molar-refractivity contribution in [3.8, 4) is 0 Å². The van der Waals surface area contributed by atoms with Gasteiger partial charge >= 0.3 is 6.03 Å². The standard InChI is InChI=1S/C23H27BrN4O2.C2H6O3S/c24-19-8-6-17(7-9-19)16-28-21(29)23(26-22(28)30)11-14-27(15-12-23)13-10-20(25)18-4-2-1-3-5-18;1-2-6(3,4)5/h1-9,20H,10-16,25H2,(H,26,30);2H2,1H3,(H,3,4,5)/t20-;/m0./s1. The van der Waals surface area contributed by atoms with Crippen molar-refractivity contribution in [1.29, 1.82) is 0 Å². The smallest absolute Gasteiger partial charge is 0.324 e. The molecule has 0 radical (unpaired) electrons. The molecular formula is C25H33BrN4O5S. The molecular weight excluding hydrogens is 548 g/mol. The minimum atomic E-state index is -3.66. The van der Waals surface area contributed by atoms with Crippen LogP contribution >= 0.6 is 15.9 Å². The van der Waals surface area contributed by atoms with Crippen molar-refractivity contribution in [3.05, 3.63) is 70.2 Å². The average molecular weight is 582 g/mol. The van der Waals surface area contributed by atoms with Crippen LogP contribution in [0.25, 0.3) is 0 Å². The number of imide groups is 1. The highest BCUT2D eigenvalue weighted by atomic mass is 79.9. The molecule has 4 N–H and O–H groups in total. The zero-order valence-corrected chi connectivity index (χ0v) is 22.7. The van der Waals surface area contributed by atoms with Gasteiger partial charge in [0.15, 0.2) is 0 Å². The number of likely N-dealkylation sites (tertiary alicyclic amines) is 1. The number of nitrogens with one attached hydrogen (secondary N) is 1. The fourth-order valence-electron chi connectivity index (χ4n) is 4.28. The number of halogens is 1. The van der Waals surface area contributed by atoms with Crippen molar-refractivity contribution in [1.82, 2.24) is 15.1 Å². The Morgan fingerprint density at radius 1 is 1.08 bits per heavy atom. The lowest BCUT2D eigenvalue weighted by Crippen LogP contribution is -2.55. The molecule has 0 saturated carbocycles. The number of nitrogens with two attached hydrogens (primary N) is 1. The molecule has 0 aromatic heterocycles. The maximum atomic E-state index is 13.1. The number of hydrogen-bond acceptors (Lipinski definition) is 6. The van der Waals surface area contributed by atoms with Gasteiger partial charge in [-0.2, -0.15) is 8.42 Å². The lowest BCUT2D eigenvalue weighted by atomic mass is 9.87. The molecule has 2 aromatic carbocycles. The Balaban J connectivity index is 0.000000538. The number of amides is 3. The lowest BCUT2D eigenvalue weighted by molar-refractivity contribution is -0.133. The van der Waals surface area contributed by atoms with Crippen molar-refractivity contribution in [2.45, 2.75) is 44.3 Å².